The largest absolute Gasteiger partial charge is 0.494 e. The van der Waals surface area contributed by atoms with Crippen LogP contribution in [0.25, 0.3) is 0 Å². The van der Waals surface area contributed by atoms with Gasteiger partial charge in [-0.15, -0.1) is 12.3 Å². The molecular weight excluding hydrogens is 198 g/mol. The molecule has 0 aliphatic carbocycles. The van der Waals surface area contributed by atoms with Gasteiger partial charge in [0.15, 0.2) is 0 Å². The Labute approximate surface area is 97.8 Å². The van der Waals surface area contributed by atoms with Gasteiger partial charge in [-0.1, -0.05) is 19.1 Å². The van der Waals surface area contributed by atoms with Crippen LogP contribution in [0.15, 0.2) is 24.3 Å². The first-order chi connectivity index (χ1) is 7.77. The number of ether oxygens (including phenoxy) is 1. The van der Waals surface area contributed by atoms with Crippen molar-refractivity contribution in [2.75, 3.05) is 6.61 Å². The second-order valence-electron chi connectivity index (χ2n) is 3.74. The number of terminal acetylenes is 1. The van der Waals surface area contributed by atoms with E-state index in [1.807, 2.05) is 24.3 Å². The Bertz CT molecular complexity index is 337. The lowest BCUT2D eigenvalue weighted by molar-refractivity contribution is 0.313. The first-order valence-corrected chi connectivity index (χ1v) is 5.69. The van der Waals surface area contributed by atoms with E-state index in [1.54, 1.807) is 0 Å². The minimum atomic E-state index is 0.121. The van der Waals surface area contributed by atoms with Gasteiger partial charge in [0.05, 0.1) is 6.61 Å². The third kappa shape index (κ3) is 3.96. The van der Waals surface area contributed by atoms with Gasteiger partial charge in [0.2, 0.25) is 0 Å². The summed E-state index contributed by atoms with van der Waals surface area (Å²) in [5.41, 5.74) is 7.07. The number of unbranched alkanes of at least 4 members (excludes halogenated alkanes) is 1. The molecule has 0 aliphatic rings. The molecule has 0 heterocycles. The molecule has 0 amide bonds. The quantitative estimate of drug-likeness (QED) is 0.587. The van der Waals surface area contributed by atoms with E-state index in [0.717, 1.165) is 30.6 Å². The maximum absolute atomic E-state index is 5.92. The molecule has 2 N–H and O–H groups in total. The summed E-state index contributed by atoms with van der Waals surface area (Å²) in [6.45, 7) is 2.75. The van der Waals surface area contributed by atoms with Gasteiger partial charge in [-0.2, -0.15) is 0 Å². The third-order valence-corrected chi connectivity index (χ3v) is 2.48. The van der Waals surface area contributed by atoms with Crippen molar-refractivity contribution in [3.8, 4) is 18.1 Å². The van der Waals surface area contributed by atoms with Crippen LogP contribution in [0, 0.1) is 12.3 Å². The van der Waals surface area contributed by atoms with Crippen molar-refractivity contribution < 1.29 is 4.74 Å². The average Bonchev–Trinajstić information content (AvgIpc) is 2.34. The van der Waals surface area contributed by atoms with Crippen LogP contribution in [-0.4, -0.2) is 6.61 Å². The molecule has 1 rings (SSSR count). The van der Waals surface area contributed by atoms with Crippen molar-refractivity contribution in [2.24, 2.45) is 5.73 Å². The average molecular weight is 217 g/mol. The van der Waals surface area contributed by atoms with Crippen molar-refractivity contribution >= 4 is 0 Å². The van der Waals surface area contributed by atoms with E-state index in [2.05, 4.69) is 12.8 Å². The zero-order chi connectivity index (χ0) is 11.8. The predicted molar refractivity (Wildman–Crippen MR) is 67.2 cm³/mol. The second kappa shape index (κ2) is 6.92. The monoisotopic (exact) mass is 217 g/mol. The Balaban J connectivity index is 2.43. The summed E-state index contributed by atoms with van der Waals surface area (Å²) in [5.74, 6) is 3.47. The summed E-state index contributed by atoms with van der Waals surface area (Å²) in [5, 5.41) is 0. The van der Waals surface area contributed by atoms with Crippen molar-refractivity contribution in [1.82, 2.24) is 0 Å². The molecule has 0 fully saturated rings. The highest BCUT2D eigenvalue weighted by atomic mass is 16.5. The lowest BCUT2D eigenvalue weighted by Gasteiger charge is -2.10. The van der Waals surface area contributed by atoms with Crippen molar-refractivity contribution in [2.45, 2.75) is 32.2 Å². The second-order valence-corrected chi connectivity index (χ2v) is 3.74. The topological polar surface area (TPSA) is 35.2 Å². The fraction of sp³-hybridized carbons (Fsp3) is 0.429. The normalized spacial score (nSPS) is 11.8. The summed E-state index contributed by atoms with van der Waals surface area (Å²) < 4.78 is 5.54. The van der Waals surface area contributed by atoms with E-state index in [-0.39, 0.29) is 6.04 Å². The van der Waals surface area contributed by atoms with Crippen LogP contribution >= 0.6 is 0 Å². The Morgan fingerprint density at radius 3 is 2.62 bits per heavy atom. The summed E-state index contributed by atoms with van der Waals surface area (Å²) in [6, 6.07) is 8.08. The lowest BCUT2D eigenvalue weighted by atomic mass is 10.1. The highest BCUT2D eigenvalue weighted by molar-refractivity contribution is 5.28. The van der Waals surface area contributed by atoms with Gasteiger partial charge >= 0.3 is 0 Å². The Hall–Kier alpha value is -1.46. The maximum Gasteiger partial charge on any atom is 0.119 e. The molecule has 1 aromatic carbocycles. The zero-order valence-electron chi connectivity index (χ0n) is 9.78. The molecule has 0 spiro atoms. The van der Waals surface area contributed by atoms with Gasteiger partial charge in [0.25, 0.3) is 0 Å². The molecule has 1 aromatic rings. The Kier molecular flexibility index (Phi) is 5.45. The molecular formula is C14H19NO. The Morgan fingerprint density at radius 2 is 2.06 bits per heavy atom. The zero-order valence-corrected chi connectivity index (χ0v) is 9.78. The maximum atomic E-state index is 5.92. The molecule has 2 heteroatoms. The molecule has 0 radical (unpaired) electrons. The molecule has 16 heavy (non-hydrogen) atoms. The van der Waals surface area contributed by atoms with Crippen LogP contribution in [0.3, 0.4) is 0 Å². The summed E-state index contributed by atoms with van der Waals surface area (Å²) in [4.78, 5) is 0. The number of hydrogen-bond donors (Lipinski definition) is 1. The molecule has 0 bridgehead atoms. The first-order valence-electron chi connectivity index (χ1n) is 5.69. The van der Waals surface area contributed by atoms with Gasteiger partial charge in [0.1, 0.15) is 5.75 Å². The number of rotatable bonds is 6. The van der Waals surface area contributed by atoms with E-state index in [4.69, 9.17) is 16.9 Å². The minimum Gasteiger partial charge on any atom is -0.494 e. The fourth-order valence-corrected chi connectivity index (χ4v) is 1.41. The van der Waals surface area contributed by atoms with Gasteiger partial charge in [-0.05, 0) is 30.5 Å². The van der Waals surface area contributed by atoms with E-state index in [9.17, 15) is 0 Å². The van der Waals surface area contributed by atoms with E-state index < -0.39 is 0 Å². The highest BCUT2D eigenvalue weighted by Gasteiger charge is 2.02. The van der Waals surface area contributed by atoms with Crippen LogP contribution < -0.4 is 10.5 Å². The number of nitrogens with two attached hydrogens (primary N) is 1. The predicted octanol–water partition coefficient (Wildman–Crippen LogP) is 2.89. The molecule has 0 saturated heterocycles. The van der Waals surface area contributed by atoms with Gasteiger partial charge in [0, 0.05) is 12.5 Å². The van der Waals surface area contributed by atoms with Crippen LogP contribution in [0.4, 0.5) is 0 Å². The first kappa shape index (κ1) is 12.6. The van der Waals surface area contributed by atoms with Crippen molar-refractivity contribution in [3.05, 3.63) is 29.8 Å². The lowest BCUT2D eigenvalue weighted by Crippen LogP contribution is -2.08. The smallest absolute Gasteiger partial charge is 0.119 e. The molecule has 86 valence electrons. The standard InChI is InChI=1S/C14H19NO/c1-3-5-6-11-16-13-9-7-12(8-10-13)14(15)4-2/h1,7-10,14H,4-6,11,15H2,2H3. The number of hydrogen-bond acceptors (Lipinski definition) is 2. The van der Waals surface area contributed by atoms with E-state index in [1.165, 1.54) is 0 Å². The third-order valence-electron chi connectivity index (χ3n) is 2.48. The van der Waals surface area contributed by atoms with Crippen LogP contribution in [0.2, 0.25) is 0 Å². The molecule has 0 aromatic heterocycles. The molecule has 0 saturated carbocycles. The summed E-state index contributed by atoms with van der Waals surface area (Å²) in [6.07, 6.45) is 7.76. The van der Waals surface area contributed by atoms with Gasteiger partial charge in [-0.3, -0.25) is 0 Å². The number of benzene rings is 1. The summed E-state index contributed by atoms with van der Waals surface area (Å²) in [7, 11) is 0. The van der Waals surface area contributed by atoms with E-state index >= 15 is 0 Å². The Morgan fingerprint density at radius 1 is 1.38 bits per heavy atom. The van der Waals surface area contributed by atoms with E-state index in [0.29, 0.717) is 6.61 Å². The SMILES string of the molecule is C#CCCCOc1ccc(C(N)CC)cc1. The fourth-order valence-electron chi connectivity index (χ4n) is 1.41. The van der Waals surface area contributed by atoms with Crippen LogP contribution in [0.5, 0.6) is 5.75 Å². The van der Waals surface area contributed by atoms with Crippen LogP contribution in [0.1, 0.15) is 37.8 Å². The molecule has 2 nitrogen and oxygen atoms in total. The summed E-state index contributed by atoms with van der Waals surface area (Å²) >= 11 is 0. The van der Waals surface area contributed by atoms with Crippen LogP contribution in [-0.2, 0) is 0 Å². The highest BCUT2D eigenvalue weighted by Crippen LogP contribution is 2.18. The molecule has 1 atom stereocenters. The minimum absolute atomic E-state index is 0.121. The van der Waals surface area contributed by atoms with Gasteiger partial charge in [-0.25, -0.2) is 0 Å². The molecule has 1 unspecified atom stereocenters. The molecule has 0 aliphatic heterocycles. The van der Waals surface area contributed by atoms with Gasteiger partial charge < -0.3 is 10.5 Å². The van der Waals surface area contributed by atoms with Crippen molar-refractivity contribution in [3.63, 3.8) is 0 Å². The van der Waals surface area contributed by atoms with Crippen molar-refractivity contribution in [1.29, 1.82) is 0 Å².